The van der Waals surface area contributed by atoms with E-state index in [0.29, 0.717) is 12.0 Å². The van der Waals surface area contributed by atoms with E-state index in [1.165, 1.54) is 20.8 Å². The Balaban J connectivity index is 1.81. The van der Waals surface area contributed by atoms with Gasteiger partial charge in [-0.15, -0.1) is 0 Å². The molecule has 1 heterocycles. The summed E-state index contributed by atoms with van der Waals surface area (Å²) in [6, 6.07) is 8.25. The SMILES string of the molecule is CC(=O)O[C@H]1C(=O)[C@@]2(C)C([C@H](OC(=O)c3ccccc3)[C@]3(O)CCC(C)=C1C3(C)C)[C@]1(OC(C)=O)COC1C[C@@H]2O. The van der Waals surface area contributed by atoms with Gasteiger partial charge in [-0.1, -0.05) is 37.6 Å². The van der Waals surface area contributed by atoms with Crippen LogP contribution in [0, 0.1) is 16.7 Å². The van der Waals surface area contributed by atoms with Gasteiger partial charge in [0, 0.05) is 25.7 Å². The van der Waals surface area contributed by atoms with Crippen molar-refractivity contribution in [1.29, 1.82) is 0 Å². The summed E-state index contributed by atoms with van der Waals surface area (Å²) in [6.45, 7) is 9.08. The number of ether oxygens (including phenoxy) is 4. The molecule has 5 rings (SSSR count). The Bertz CT molecular complexity index is 1320. The van der Waals surface area contributed by atoms with Gasteiger partial charge in [-0.3, -0.25) is 14.4 Å². The summed E-state index contributed by atoms with van der Waals surface area (Å²) >= 11 is 0. The van der Waals surface area contributed by atoms with Gasteiger partial charge < -0.3 is 29.2 Å². The molecule has 2 bridgehead atoms. The predicted molar refractivity (Wildman–Crippen MR) is 143 cm³/mol. The maximum absolute atomic E-state index is 14.8. The maximum Gasteiger partial charge on any atom is 0.338 e. The van der Waals surface area contributed by atoms with Gasteiger partial charge in [0.1, 0.15) is 17.8 Å². The van der Waals surface area contributed by atoms with Crippen LogP contribution < -0.4 is 0 Å². The van der Waals surface area contributed by atoms with Gasteiger partial charge >= 0.3 is 17.9 Å². The van der Waals surface area contributed by atoms with Gasteiger partial charge in [0.15, 0.2) is 17.5 Å². The second-order valence-electron chi connectivity index (χ2n) is 12.6. The van der Waals surface area contributed by atoms with Crippen molar-refractivity contribution in [1.82, 2.24) is 0 Å². The van der Waals surface area contributed by atoms with E-state index in [9.17, 15) is 29.4 Å². The van der Waals surface area contributed by atoms with Crippen LogP contribution in [0.1, 0.15) is 71.2 Å². The van der Waals surface area contributed by atoms with Crippen molar-refractivity contribution in [2.24, 2.45) is 16.7 Å². The van der Waals surface area contributed by atoms with Gasteiger partial charge in [0.05, 0.1) is 29.6 Å². The average Bonchev–Trinajstić information content (AvgIpc) is 2.89. The fourth-order valence-electron chi connectivity index (χ4n) is 7.93. The largest absolute Gasteiger partial charge is 0.455 e. The third kappa shape index (κ3) is 4.09. The Morgan fingerprint density at radius 3 is 2.24 bits per heavy atom. The Kier molecular flexibility index (Phi) is 6.99. The Hall–Kier alpha value is -3.08. The molecule has 3 aliphatic carbocycles. The van der Waals surface area contributed by atoms with Crippen LogP contribution in [0.2, 0.25) is 0 Å². The van der Waals surface area contributed by atoms with Crippen LogP contribution in [-0.2, 0) is 33.3 Å². The number of aliphatic hydroxyl groups excluding tert-OH is 1. The van der Waals surface area contributed by atoms with Crippen LogP contribution in [0.5, 0.6) is 0 Å². The number of rotatable bonds is 4. The summed E-state index contributed by atoms with van der Waals surface area (Å²) < 4.78 is 23.7. The lowest BCUT2D eigenvalue weighted by Gasteiger charge is -2.67. The first-order chi connectivity index (χ1) is 19.1. The van der Waals surface area contributed by atoms with E-state index in [0.717, 1.165) is 5.57 Å². The molecule has 4 aliphatic rings. The number of hydrogen-bond donors (Lipinski definition) is 2. The van der Waals surface area contributed by atoms with Crippen LogP contribution in [0.4, 0.5) is 0 Å². The van der Waals surface area contributed by atoms with Crippen molar-refractivity contribution >= 4 is 23.7 Å². The number of allylic oxidation sites excluding steroid dienone is 1. The summed E-state index contributed by atoms with van der Waals surface area (Å²) in [6.07, 6.45) is -4.63. The molecule has 2 saturated carbocycles. The highest BCUT2D eigenvalue weighted by molar-refractivity contribution is 5.95. The molecule has 1 aromatic carbocycles. The van der Waals surface area contributed by atoms with E-state index < -0.39 is 76.1 Å². The van der Waals surface area contributed by atoms with Gasteiger partial charge in [-0.2, -0.15) is 0 Å². The lowest BCUT2D eigenvalue weighted by atomic mass is 9.45. The first-order valence-corrected chi connectivity index (χ1v) is 14.0. The highest BCUT2D eigenvalue weighted by atomic mass is 16.6. The lowest BCUT2D eigenvalue weighted by molar-refractivity contribution is -0.345. The zero-order valence-corrected chi connectivity index (χ0v) is 24.3. The number of hydrogen-bond acceptors (Lipinski definition) is 10. The van der Waals surface area contributed by atoms with E-state index in [1.807, 2.05) is 6.92 Å². The van der Waals surface area contributed by atoms with Crippen molar-refractivity contribution < 1.29 is 48.3 Å². The third-order valence-electron chi connectivity index (χ3n) is 10.1. The molecule has 8 atom stereocenters. The van der Waals surface area contributed by atoms with Gasteiger partial charge in [-0.05, 0) is 44.4 Å². The summed E-state index contributed by atoms with van der Waals surface area (Å²) in [4.78, 5) is 53.4. The molecule has 0 spiro atoms. The molecule has 2 unspecified atom stereocenters. The number of Topliss-reactive ketones (excluding diaryl/α,β-unsaturated/α-hetero) is 1. The van der Waals surface area contributed by atoms with Crippen LogP contribution in [-0.4, -0.2) is 76.1 Å². The molecule has 2 N–H and O–H groups in total. The summed E-state index contributed by atoms with van der Waals surface area (Å²) in [5.41, 5.74) is -4.98. The number of aliphatic hydroxyl groups is 2. The van der Waals surface area contributed by atoms with Crippen LogP contribution in [0.3, 0.4) is 0 Å². The standard InChI is InChI=1S/C31H38O10/c1-16-12-13-31(37)26(40-27(36)19-10-8-7-9-11-19)24-29(6,20(34)14-21-30(24,15-38-21)41-18(3)33)25(35)23(39-17(2)32)22(16)28(31,4)5/h7-11,20-21,23-24,26,34,37H,12-15H2,1-6H3/t20-,21?,23+,24?,26-,29+,30-,31+/m0/s1. The molecule has 41 heavy (non-hydrogen) atoms. The molecule has 10 heteroatoms. The number of benzene rings is 1. The van der Waals surface area contributed by atoms with Crippen molar-refractivity contribution in [2.45, 2.75) is 96.4 Å². The van der Waals surface area contributed by atoms with E-state index in [2.05, 4.69) is 0 Å². The highest BCUT2D eigenvalue weighted by Gasteiger charge is 2.77. The molecule has 0 aromatic heterocycles. The van der Waals surface area contributed by atoms with Crippen LogP contribution in [0.15, 0.2) is 41.5 Å². The molecule has 3 fully saturated rings. The predicted octanol–water partition coefficient (Wildman–Crippen LogP) is 2.68. The second-order valence-corrected chi connectivity index (χ2v) is 12.6. The van der Waals surface area contributed by atoms with Crippen molar-refractivity contribution in [3.05, 3.63) is 47.0 Å². The monoisotopic (exact) mass is 570 g/mol. The van der Waals surface area contributed by atoms with Crippen molar-refractivity contribution in [3.8, 4) is 0 Å². The van der Waals surface area contributed by atoms with E-state index in [1.54, 1.807) is 44.2 Å². The summed E-state index contributed by atoms with van der Waals surface area (Å²) in [5, 5.41) is 24.5. The molecule has 1 saturated heterocycles. The average molecular weight is 571 g/mol. The van der Waals surface area contributed by atoms with Gasteiger partial charge in [0.2, 0.25) is 0 Å². The van der Waals surface area contributed by atoms with Crippen molar-refractivity contribution in [3.63, 3.8) is 0 Å². The van der Waals surface area contributed by atoms with Gasteiger partial charge in [-0.25, -0.2) is 4.79 Å². The highest BCUT2D eigenvalue weighted by Crippen LogP contribution is 2.64. The molecule has 0 radical (unpaired) electrons. The lowest BCUT2D eigenvalue weighted by Crippen LogP contribution is -2.81. The first kappa shape index (κ1) is 29.4. The normalized spacial score (nSPS) is 39.2. The first-order valence-electron chi connectivity index (χ1n) is 14.0. The maximum atomic E-state index is 14.8. The number of fused-ring (bicyclic) bond motifs is 5. The minimum absolute atomic E-state index is 0.0575. The van der Waals surface area contributed by atoms with E-state index in [4.69, 9.17) is 18.9 Å². The molecule has 222 valence electrons. The summed E-state index contributed by atoms with van der Waals surface area (Å²) in [5.74, 6) is -3.96. The number of carbonyl (C=O) groups is 4. The number of esters is 3. The zero-order valence-electron chi connectivity index (χ0n) is 24.3. The van der Waals surface area contributed by atoms with Crippen LogP contribution >= 0.6 is 0 Å². The third-order valence-corrected chi connectivity index (χ3v) is 10.1. The fourth-order valence-corrected chi connectivity index (χ4v) is 7.93. The van der Waals surface area contributed by atoms with Crippen LogP contribution in [0.25, 0.3) is 0 Å². The zero-order chi connectivity index (χ0) is 30.1. The molecule has 10 nitrogen and oxygen atoms in total. The molecule has 1 aliphatic heterocycles. The smallest absolute Gasteiger partial charge is 0.338 e. The number of ketones is 1. The minimum Gasteiger partial charge on any atom is -0.455 e. The molecule has 1 aromatic rings. The number of carbonyl (C=O) groups excluding carboxylic acids is 4. The quantitative estimate of drug-likeness (QED) is 0.315. The molecule has 0 amide bonds. The Labute approximate surface area is 239 Å². The fraction of sp³-hybridized carbons (Fsp3) is 0.613. The molecular formula is C31H38O10. The Morgan fingerprint density at radius 2 is 1.68 bits per heavy atom. The van der Waals surface area contributed by atoms with E-state index in [-0.39, 0.29) is 25.0 Å². The van der Waals surface area contributed by atoms with E-state index >= 15 is 0 Å². The molecular weight excluding hydrogens is 532 g/mol. The minimum atomic E-state index is -1.83. The van der Waals surface area contributed by atoms with Gasteiger partial charge in [0.25, 0.3) is 0 Å². The topological polar surface area (TPSA) is 146 Å². The summed E-state index contributed by atoms with van der Waals surface area (Å²) in [7, 11) is 0. The van der Waals surface area contributed by atoms with Crippen molar-refractivity contribution in [2.75, 3.05) is 6.61 Å². The second kappa shape index (κ2) is 9.74. The Morgan fingerprint density at radius 1 is 1.02 bits per heavy atom.